The highest BCUT2D eigenvalue weighted by molar-refractivity contribution is 6.31. The lowest BCUT2D eigenvalue weighted by molar-refractivity contribution is -0.142. The van der Waals surface area contributed by atoms with Crippen LogP contribution in [0.5, 0.6) is 5.75 Å². The Kier molecular flexibility index (Phi) is 5.19. The molecule has 0 bridgehead atoms. The highest BCUT2D eigenvalue weighted by Crippen LogP contribution is 2.36. The molecule has 0 aliphatic heterocycles. The number of ether oxygens (including phenoxy) is 2. The van der Waals surface area contributed by atoms with Crippen LogP contribution in [0.25, 0.3) is 22.0 Å². The second kappa shape index (κ2) is 7.53. The van der Waals surface area contributed by atoms with Crippen molar-refractivity contribution in [2.24, 2.45) is 0 Å². The normalized spacial score (nSPS) is 10.7. The van der Waals surface area contributed by atoms with Crippen molar-refractivity contribution in [1.82, 2.24) is 4.98 Å². The summed E-state index contributed by atoms with van der Waals surface area (Å²) in [5.41, 5.74) is 3.23. The van der Waals surface area contributed by atoms with Gasteiger partial charge in [0.25, 0.3) is 0 Å². The molecule has 1 aromatic heterocycles. The summed E-state index contributed by atoms with van der Waals surface area (Å²) < 4.78 is 10.4. The molecule has 0 N–H and O–H groups in total. The van der Waals surface area contributed by atoms with E-state index in [4.69, 9.17) is 21.1 Å². The number of esters is 1. The van der Waals surface area contributed by atoms with Gasteiger partial charge in [0, 0.05) is 10.9 Å². The molecule has 0 saturated carbocycles. The number of para-hydroxylation sites is 1. The van der Waals surface area contributed by atoms with E-state index in [9.17, 15) is 4.79 Å². The van der Waals surface area contributed by atoms with Crippen LogP contribution in [0.4, 0.5) is 0 Å². The second-order valence-electron chi connectivity index (χ2n) is 5.49. The lowest BCUT2D eigenvalue weighted by Crippen LogP contribution is -2.10. The van der Waals surface area contributed by atoms with Crippen molar-refractivity contribution >= 4 is 28.5 Å². The number of pyridine rings is 1. The van der Waals surface area contributed by atoms with Crippen LogP contribution in [0.1, 0.15) is 12.5 Å². The lowest BCUT2D eigenvalue weighted by atomic mass is 9.94. The summed E-state index contributed by atoms with van der Waals surface area (Å²) in [4.78, 5) is 16.5. The molecule has 3 rings (SSSR count). The van der Waals surface area contributed by atoms with Crippen LogP contribution in [0.3, 0.4) is 0 Å². The number of carbonyl (C=O) groups excluding carboxylic acids is 1. The fourth-order valence-electron chi connectivity index (χ4n) is 2.85. The topological polar surface area (TPSA) is 48.4 Å². The van der Waals surface area contributed by atoms with Crippen molar-refractivity contribution in [2.45, 2.75) is 13.3 Å². The summed E-state index contributed by atoms with van der Waals surface area (Å²) in [5.74, 6) is 0.405. The average Bonchev–Trinajstić information content (AvgIpc) is 2.62. The van der Waals surface area contributed by atoms with E-state index < -0.39 is 0 Å². The van der Waals surface area contributed by atoms with E-state index >= 15 is 0 Å². The van der Waals surface area contributed by atoms with Crippen LogP contribution in [0.2, 0.25) is 5.15 Å². The number of rotatable bonds is 5. The zero-order chi connectivity index (χ0) is 17.8. The number of aromatic nitrogens is 1. The van der Waals surface area contributed by atoms with Crippen molar-refractivity contribution in [3.8, 4) is 16.9 Å². The van der Waals surface area contributed by atoms with Crippen molar-refractivity contribution in [1.29, 1.82) is 0 Å². The number of fused-ring (bicyclic) bond motifs is 1. The second-order valence-corrected chi connectivity index (χ2v) is 5.85. The fourth-order valence-corrected chi connectivity index (χ4v) is 3.10. The largest absolute Gasteiger partial charge is 0.497 e. The van der Waals surface area contributed by atoms with E-state index in [1.807, 2.05) is 48.5 Å². The van der Waals surface area contributed by atoms with Gasteiger partial charge in [-0.3, -0.25) is 4.79 Å². The van der Waals surface area contributed by atoms with E-state index in [2.05, 4.69) is 4.98 Å². The van der Waals surface area contributed by atoms with Crippen LogP contribution in [0.15, 0.2) is 48.5 Å². The molecule has 5 heteroatoms. The Balaban J connectivity index is 2.26. The van der Waals surface area contributed by atoms with Gasteiger partial charge in [0.05, 0.1) is 25.7 Å². The predicted molar refractivity (Wildman–Crippen MR) is 99.1 cm³/mol. The summed E-state index contributed by atoms with van der Waals surface area (Å²) in [6.45, 7) is 2.10. The quantitative estimate of drug-likeness (QED) is 0.493. The Morgan fingerprint density at radius 1 is 1.16 bits per heavy atom. The number of benzene rings is 2. The van der Waals surface area contributed by atoms with Gasteiger partial charge in [-0.25, -0.2) is 4.98 Å². The standard InChI is InChI=1S/C20H18ClNO3/c1-3-25-18(23)12-16-19(13-7-6-8-14(11-13)24-2)15-9-4-5-10-17(15)22-20(16)21/h4-11H,3,12H2,1-2H3. The van der Waals surface area contributed by atoms with Gasteiger partial charge in [0.2, 0.25) is 0 Å². The minimum absolute atomic E-state index is 0.0665. The smallest absolute Gasteiger partial charge is 0.310 e. The van der Waals surface area contributed by atoms with Gasteiger partial charge in [0.1, 0.15) is 10.9 Å². The Hall–Kier alpha value is -2.59. The van der Waals surface area contributed by atoms with Crippen molar-refractivity contribution in [3.05, 3.63) is 59.2 Å². The number of nitrogens with zero attached hydrogens (tertiary/aromatic N) is 1. The van der Waals surface area contributed by atoms with E-state index in [1.54, 1.807) is 14.0 Å². The molecule has 0 fully saturated rings. The first kappa shape index (κ1) is 17.2. The van der Waals surface area contributed by atoms with Crippen LogP contribution in [-0.2, 0) is 16.0 Å². The molecule has 128 valence electrons. The molecule has 1 heterocycles. The first-order valence-corrected chi connectivity index (χ1v) is 8.39. The summed E-state index contributed by atoms with van der Waals surface area (Å²) >= 11 is 6.43. The molecule has 0 amide bonds. The highest BCUT2D eigenvalue weighted by atomic mass is 35.5. The number of halogens is 1. The van der Waals surface area contributed by atoms with Crippen molar-refractivity contribution in [3.63, 3.8) is 0 Å². The Morgan fingerprint density at radius 3 is 2.72 bits per heavy atom. The van der Waals surface area contributed by atoms with Crippen LogP contribution >= 0.6 is 11.6 Å². The zero-order valence-corrected chi connectivity index (χ0v) is 14.8. The number of hydrogen-bond donors (Lipinski definition) is 0. The van der Waals surface area contributed by atoms with Gasteiger partial charge in [0.15, 0.2) is 0 Å². The van der Waals surface area contributed by atoms with Crippen molar-refractivity contribution in [2.75, 3.05) is 13.7 Å². The highest BCUT2D eigenvalue weighted by Gasteiger charge is 2.19. The molecule has 0 spiro atoms. The predicted octanol–water partition coefficient (Wildman–Crippen LogP) is 4.67. The van der Waals surface area contributed by atoms with Gasteiger partial charge in [-0.1, -0.05) is 41.9 Å². The molecular weight excluding hydrogens is 338 g/mol. The molecule has 4 nitrogen and oxygen atoms in total. The van der Waals surface area contributed by atoms with Crippen LogP contribution in [-0.4, -0.2) is 24.7 Å². The third kappa shape index (κ3) is 3.59. The third-order valence-corrected chi connectivity index (χ3v) is 4.24. The molecule has 0 aliphatic rings. The van der Waals surface area contributed by atoms with Crippen LogP contribution < -0.4 is 4.74 Å². The first-order chi connectivity index (χ1) is 12.1. The summed E-state index contributed by atoms with van der Waals surface area (Å²) in [6.07, 6.45) is 0.0665. The number of carbonyl (C=O) groups is 1. The Morgan fingerprint density at radius 2 is 1.96 bits per heavy atom. The number of methoxy groups -OCH3 is 1. The summed E-state index contributed by atoms with van der Waals surface area (Å²) in [6, 6.07) is 15.4. The van der Waals surface area contributed by atoms with Gasteiger partial charge >= 0.3 is 5.97 Å². The molecule has 0 unspecified atom stereocenters. The van der Waals surface area contributed by atoms with E-state index in [0.717, 1.165) is 27.8 Å². The molecule has 2 aromatic carbocycles. The molecule has 0 saturated heterocycles. The zero-order valence-electron chi connectivity index (χ0n) is 14.1. The minimum Gasteiger partial charge on any atom is -0.497 e. The monoisotopic (exact) mass is 355 g/mol. The van der Waals surface area contributed by atoms with E-state index in [1.165, 1.54) is 0 Å². The Labute approximate surface area is 151 Å². The SMILES string of the molecule is CCOC(=O)Cc1c(Cl)nc2ccccc2c1-c1cccc(OC)c1. The summed E-state index contributed by atoms with van der Waals surface area (Å²) in [7, 11) is 1.62. The molecule has 0 atom stereocenters. The van der Waals surface area contributed by atoms with Crippen molar-refractivity contribution < 1.29 is 14.3 Å². The molecule has 0 aliphatic carbocycles. The molecule has 25 heavy (non-hydrogen) atoms. The van der Waals surface area contributed by atoms with Gasteiger partial charge in [-0.2, -0.15) is 0 Å². The summed E-state index contributed by atoms with van der Waals surface area (Å²) in [5, 5.41) is 1.24. The van der Waals surface area contributed by atoms with Gasteiger partial charge in [-0.05, 0) is 36.2 Å². The van der Waals surface area contributed by atoms with Gasteiger partial charge in [-0.15, -0.1) is 0 Å². The van der Waals surface area contributed by atoms with E-state index in [-0.39, 0.29) is 12.4 Å². The minimum atomic E-state index is -0.328. The maximum Gasteiger partial charge on any atom is 0.310 e. The fraction of sp³-hybridized carbons (Fsp3) is 0.200. The van der Waals surface area contributed by atoms with Gasteiger partial charge < -0.3 is 9.47 Å². The molecule has 0 radical (unpaired) electrons. The lowest BCUT2D eigenvalue weighted by Gasteiger charge is -2.15. The molecular formula is C20H18ClNO3. The number of hydrogen-bond acceptors (Lipinski definition) is 4. The molecule has 3 aromatic rings. The maximum atomic E-state index is 12.1. The first-order valence-electron chi connectivity index (χ1n) is 8.01. The maximum absolute atomic E-state index is 12.1. The third-order valence-electron chi connectivity index (χ3n) is 3.93. The van der Waals surface area contributed by atoms with Crippen LogP contribution in [0, 0.1) is 0 Å². The Bertz CT molecular complexity index is 924. The average molecular weight is 356 g/mol. The van der Waals surface area contributed by atoms with E-state index in [0.29, 0.717) is 17.3 Å².